The summed E-state index contributed by atoms with van der Waals surface area (Å²) in [6, 6.07) is 20.9. The van der Waals surface area contributed by atoms with Crippen LogP contribution in [0.1, 0.15) is 17.2 Å². The average molecular weight is 303 g/mol. The number of hydrogen-bond acceptors (Lipinski definition) is 3. The standard InChI is InChI=1S/C19H13NO3/c21-20(22)17-12-16-15-9-5-4-6-13(15)10-11-18(16)23-19(17)14-7-2-1-3-8-14/h1-12,19H/t19-/m1/s1. The van der Waals surface area contributed by atoms with Gasteiger partial charge in [0.2, 0.25) is 6.10 Å². The van der Waals surface area contributed by atoms with Crippen LogP contribution in [0.4, 0.5) is 0 Å². The normalized spacial score (nSPS) is 16.3. The molecule has 0 N–H and O–H groups in total. The average Bonchev–Trinajstić information content (AvgIpc) is 2.61. The lowest BCUT2D eigenvalue weighted by Crippen LogP contribution is -2.19. The third-order valence-corrected chi connectivity index (χ3v) is 4.05. The Morgan fingerprint density at radius 3 is 2.43 bits per heavy atom. The van der Waals surface area contributed by atoms with Crippen LogP contribution in [0.25, 0.3) is 16.8 Å². The van der Waals surface area contributed by atoms with Crippen molar-refractivity contribution < 1.29 is 9.66 Å². The van der Waals surface area contributed by atoms with E-state index in [0.29, 0.717) is 5.75 Å². The molecule has 0 saturated carbocycles. The van der Waals surface area contributed by atoms with E-state index in [0.717, 1.165) is 21.9 Å². The van der Waals surface area contributed by atoms with Crippen LogP contribution < -0.4 is 4.74 Å². The Labute approximate surface area is 132 Å². The molecule has 4 heteroatoms. The summed E-state index contributed by atoms with van der Waals surface area (Å²) in [4.78, 5) is 11.2. The number of rotatable bonds is 2. The van der Waals surface area contributed by atoms with E-state index in [9.17, 15) is 10.1 Å². The molecule has 1 aliphatic rings. The van der Waals surface area contributed by atoms with Crippen LogP contribution in [0.5, 0.6) is 5.75 Å². The fourth-order valence-corrected chi connectivity index (χ4v) is 2.95. The first-order valence-corrected chi connectivity index (χ1v) is 7.33. The van der Waals surface area contributed by atoms with Gasteiger partial charge in [-0.15, -0.1) is 0 Å². The van der Waals surface area contributed by atoms with Crippen molar-refractivity contribution in [2.45, 2.75) is 6.10 Å². The second-order valence-corrected chi connectivity index (χ2v) is 5.43. The molecular weight excluding hydrogens is 290 g/mol. The number of hydrogen-bond donors (Lipinski definition) is 0. The molecule has 1 heterocycles. The second kappa shape index (κ2) is 5.25. The number of ether oxygens (including phenoxy) is 1. The van der Waals surface area contributed by atoms with Crippen LogP contribution in [-0.2, 0) is 0 Å². The highest BCUT2D eigenvalue weighted by Gasteiger charge is 2.33. The molecule has 3 aromatic rings. The highest BCUT2D eigenvalue weighted by molar-refractivity contribution is 5.93. The minimum absolute atomic E-state index is 0.0556. The van der Waals surface area contributed by atoms with Gasteiger partial charge in [0.25, 0.3) is 5.70 Å². The molecule has 0 radical (unpaired) electrons. The first-order chi connectivity index (χ1) is 11.2. The Morgan fingerprint density at radius 2 is 1.65 bits per heavy atom. The maximum atomic E-state index is 11.5. The summed E-state index contributed by atoms with van der Waals surface area (Å²) in [5.74, 6) is 0.670. The summed E-state index contributed by atoms with van der Waals surface area (Å²) >= 11 is 0. The Bertz CT molecular complexity index is 932. The lowest BCUT2D eigenvalue weighted by atomic mass is 9.97. The van der Waals surface area contributed by atoms with Crippen molar-refractivity contribution in [2.75, 3.05) is 0 Å². The smallest absolute Gasteiger partial charge is 0.291 e. The van der Waals surface area contributed by atoms with Crippen molar-refractivity contribution >= 4 is 16.8 Å². The van der Waals surface area contributed by atoms with E-state index in [4.69, 9.17) is 4.74 Å². The molecule has 0 fully saturated rings. The molecule has 0 aromatic heterocycles. The summed E-state index contributed by atoms with van der Waals surface area (Å²) in [6.07, 6.45) is 0.943. The van der Waals surface area contributed by atoms with Crippen LogP contribution in [0.2, 0.25) is 0 Å². The van der Waals surface area contributed by atoms with Crippen LogP contribution in [0, 0.1) is 10.1 Å². The topological polar surface area (TPSA) is 52.4 Å². The van der Waals surface area contributed by atoms with E-state index in [1.807, 2.05) is 66.7 Å². The Morgan fingerprint density at radius 1 is 0.913 bits per heavy atom. The first kappa shape index (κ1) is 13.5. The summed E-state index contributed by atoms with van der Waals surface area (Å²) in [6.45, 7) is 0. The lowest BCUT2D eigenvalue weighted by molar-refractivity contribution is -0.434. The second-order valence-electron chi connectivity index (χ2n) is 5.43. The molecule has 1 aliphatic heterocycles. The van der Waals surface area contributed by atoms with E-state index in [1.165, 1.54) is 0 Å². The van der Waals surface area contributed by atoms with Crippen LogP contribution in [0.3, 0.4) is 0 Å². The molecule has 4 rings (SSSR count). The molecule has 0 spiro atoms. The Hall–Kier alpha value is -3.14. The van der Waals surface area contributed by atoms with E-state index >= 15 is 0 Å². The molecule has 0 aliphatic carbocycles. The van der Waals surface area contributed by atoms with Gasteiger partial charge in [-0.3, -0.25) is 10.1 Å². The SMILES string of the molecule is O=[N+]([O-])C1=Cc2c(ccc3ccccc23)O[C@@H]1c1ccccc1. The van der Waals surface area contributed by atoms with Gasteiger partial charge in [-0.25, -0.2) is 0 Å². The van der Waals surface area contributed by atoms with Crippen molar-refractivity contribution in [2.24, 2.45) is 0 Å². The molecular formula is C19H13NO3. The number of benzene rings is 3. The summed E-state index contributed by atoms with van der Waals surface area (Å²) in [5, 5.41) is 13.5. The van der Waals surface area contributed by atoms with Crippen LogP contribution >= 0.6 is 0 Å². The molecule has 23 heavy (non-hydrogen) atoms. The molecule has 112 valence electrons. The van der Waals surface area contributed by atoms with Gasteiger partial charge in [0.1, 0.15) is 5.75 Å². The van der Waals surface area contributed by atoms with Crippen molar-refractivity contribution in [3.8, 4) is 5.75 Å². The van der Waals surface area contributed by atoms with Gasteiger partial charge in [0.05, 0.1) is 4.92 Å². The highest BCUT2D eigenvalue weighted by atomic mass is 16.6. The predicted octanol–water partition coefficient (Wildman–Crippen LogP) is 4.59. The molecule has 0 amide bonds. The van der Waals surface area contributed by atoms with Gasteiger partial charge in [0, 0.05) is 17.2 Å². The van der Waals surface area contributed by atoms with Gasteiger partial charge in [-0.05, 0) is 16.8 Å². The maximum absolute atomic E-state index is 11.5. The molecule has 4 nitrogen and oxygen atoms in total. The largest absolute Gasteiger partial charge is 0.474 e. The van der Waals surface area contributed by atoms with Gasteiger partial charge in [0.15, 0.2) is 0 Å². The zero-order valence-electron chi connectivity index (χ0n) is 12.2. The lowest BCUT2D eigenvalue weighted by Gasteiger charge is -2.23. The Balaban J connectivity index is 1.93. The van der Waals surface area contributed by atoms with E-state index in [1.54, 1.807) is 6.08 Å². The molecule has 1 atom stereocenters. The van der Waals surface area contributed by atoms with Gasteiger partial charge in [-0.2, -0.15) is 0 Å². The van der Waals surface area contributed by atoms with Crippen molar-refractivity contribution in [1.82, 2.24) is 0 Å². The minimum atomic E-state index is -0.695. The Kier molecular flexibility index (Phi) is 3.08. The van der Waals surface area contributed by atoms with Crippen LogP contribution in [-0.4, -0.2) is 4.92 Å². The van der Waals surface area contributed by atoms with Gasteiger partial charge in [-0.1, -0.05) is 60.7 Å². The van der Waals surface area contributed by atoms with Crippen molar-refractivity contribution in [1.29, 1.82) is 0 Å². The number of nitro groups is 1. The number of nitrogens with zero attached hydrogens (tertiary/aromatic N) is 1. The molecule has 0 bridgehead atoms. The number of fused-ring (bicyclic) bond motifs is 3. The van der Waals surface area contributed by atoms with Crippen LogP contribution in [0.15, 0.2) is 72.4 Å². The zero-order chi connectivity index (χ0) is 15.8. The summed E-state index contributed by atoms with van der Waals surface area (Å²) < 4.78 is 5.99. The van der Waals surface area contributed by atoms with Gasteiger partial charge >= 0.3 is 0 Å². The zero-order valence-corrected chi connectivity index (χ0v) is 12.2. The highest BCUT2D eigenvalue weighted by Crippen LogP contribution is 2.40. The fraction of sp³-hybridized carbons (Fsp3) is 0.0526. The maximum Gasteiger partial charge on any atom is 0.291 e. The molecule has 0 saturated heterocycles. The third kappa shape index (κ3) is 2.25. The summed E-state index contributed by atoms with van der Waals surface area (Å²) in [5.41, 5.74) is 1.59. The monoisotopic (exact) mass is 303 g/mol. The predicted molar refractivity (Wildman–Crippen MR) is 88.7 cm³/mol. The van der Waals surface area contributed by atoms with E-state index in [-0.39, 0.29) is 10.6 Å². The van der Waals surface area contributed by atoms with E-state index < -0.39 is 6.10 Å². The van der Waals surface area contributed by atoms with Gasteiger partial charge < -0.3 is 4.74 Å². The minimum Gasteiger partial charge on any atom is -0.474 e. The fourth-order valence-electron chi connectivity index (χ4n) is 2.95. The molecule has 3 aromatic carbocycles. The van der Waals surface area contributed by atoms with Crippen molar-refractivity contribution in [3.63, 3.8) is 0 Å². The quantitative estimate of drug-likeness (QED) is 0.514. The third-order valence-electron chi connectivity index (χ3n) is 4.05. The van der Waals surface area contributed by atoms with Crippen molar-refractivity contribution in [3.05, 3.63) is 93.7 Å². The first-order valence-electron chi connectivity index (χ1n) is 7.33. The molecule has 0 unspecified atom stereocenters. The summed E-state index contributed by atoms with van der Waals surface area (Å²) in [7, 11) is 0. The van der Waals surface area contributed by atoms with E-state index in [2.05, 4.69) is 0 Å².